The van der Waals surface area contributed by atoms with Crippen molar-refractivity contribution in [2.75, 3.05) is 13.7 Å². The van der Waals surface area contributed by atoms with E-state index in [1.54, 1.807) is 23.5 Å². The molecule has 1 aliphatic rings. The molecule has 5 atom stereocenters. The Morgan fingerprint density at radius 3 is 2.48 bits per heavy atom. The molecule has 2 heterocycles. The SMILES string of the molecule is COc1cc(C=Cc2sc3ccccc3[n+]2C)ccc1OC1O[C@H](CO)[C@@H](O)[C@H](O)[C@H]1O.[I-]. The lowest BCUT2D eigenvalue weighted by Gasteiger charge is -2.39. The van der Waals surface area contributed by atoms with Gasteiger partial charge in [0.05, 0.1) is 13.7 Å². The van der Waals surface area contributed by atoms with E-state index in [-0.39, 0.29) is 24.0 Å². The van der Waals surface area contributed by atoms with Crippen LogP contribution in [0.3, 0.4) is 0 Å². The Morgan fingerprint density at radius 2 is 1.79 bits per heavy atom. The maximum atomic E-state index is 10.2. The molecule has 3 aromatic rings. The van der Waals surface area contributed by atoms with Crippen LogP contribution in [0.15, 0.2) is 42.5 Å². The van der Waals surface area contributed by atoms with Crippen LogP contribution >= 0.6 is 11.3 Å². The van der Waals surface area contributed by atoms with Gasteiger partial charge in [0, 0.05) is 12.1 Å². The molecule has 0 spiro atoms. The average Bonchev–Trinajstić information content (AvgIpc) is 3.14. The van der Waals surface area contributed by atoms with Crippen molar-refractivity contribution >= 4 is 33.7 Å². The topological polar surface area (TPSA) is 112 Å². The first-order valence-electron chi connectivity index (χ1n) is 10.1. The Bertz CT molecular complexity index is 1120. The number of aliphatic hydroxyl groups is 4. The van der Waals surface area contributed by atoms with Crippen LogP contribution in [0.2, 0.25) is 0 Å². The molecular formula is C23H26INO7S. The predicted octanol–water partition coefficient (Wildman–Crippen LogP) is -1.91. The van der Waals surface area contributed by atoms with Crippen molar-refractivity contribution < 1.29 is 63.2 Å². The van der Waals surface area contributed by atoms with Crippen LogP contribution in [0.5, 0.6) is 11.5 Å². The lowest BCUT2D eigenvalue weighted by atomic mass is 9.99. The van der Waals surface area contributed by atoms with E-state index in [4.69, 9.17) is 14.2 Å². The number of hydrogen-bond acceptors (Lipinski definition) is 8. The van der Waals surface area contributed by atoms with Gasteiger partial charge in [-0.25, -0.2) is 0 Å². The van der Waals surface area contributed by atoms with Crippen LogP contribution in [0.25, 0.3) is 22.4 Å². The maximum absolute atomic E-state index is 10.2. The summed E-state index contributed by atoms with van der Waals surface area (Å²) in [7, 11) is 3.52. The van der Waals surface area contributed by atoms with Gasteiger partial charge in [0.25, 0.3) is 5.01 Å². The zero-order valence-corrected chi connectivity index (χ0v) is 21.0. The summed E-state index contributed by atoms with van der Waals surface area (Å²) >= 11 is 1.69. The largest absolute Gasteiger partial charge is 1.00 e. The van der Waals surface area contributed by atoms with E-state index in [2.05, 4.69) is 16.7 Å². The van der Waals surface area contributed by atoms with Crippen molar-refractivity contribution in [3.8, 4) is 11.5 Å². The number of para-hydroxylation sites is 1. The van der Waals surface area contributed by atoms with Crippen LogP contribution in [0, 0.1) is 0 Å². The van der Waals surface area contributed by atoms with E-state index in [1.807, 2.05) is 37.4 Å². The summed E-state index contributed by atoms with van der Waals surface area (Å²) in [5.41, 5.74) is 2.04. The number of ether oxygens (including phenoxy) is 3. The lowest BCUT2D eigenvalue weighted by molar-refractivity contribution is -0.642. The van der Waals surface area contributed by atoms with Crippen LogP contribution in [-0.2, 0) is 11.8 Å². The number of rotatable bonds is 6. The minimum absolute atomic E-state index is 0. The first-order chi connectivity index (χ1) is 15.4. The Labute approximate surface area is 212 Å². The maximum Gasteiger partial charge on any atom is 0.262 e. The number of hydrogen-bond donors (Lipinski definition) is 4. The molecule has 0 saturated carbocycles. The second kappa shape index (κ2) is 11.1. The smallest absolute Gasteiger partial charge is 0.262 e. The van der Waals surface area contributed by atoms with Gasteiger partial charge >= 0.3 is 0 Å². The van der Waals surface area contributed by atoms with E-state index >= 15 is 0 Å². The average molecular weight is 587 g/mol. The molecule has 178 valence electrons. The first kappa shape index (κ1) is 25.8. The minimum atomic E-state index is -1.51. The first-order valence-corrected chi connectivity index (χ1v) is 11.0. The van der Waals surface area contributed by atoms with Crippen molar-refractivity contribution in [1.29, 1.82) is 0 Å². The minimum Gasteiger partial charge on any atom is -1.00 e. The number of halogens is 1. The Kier molecular flexibility index (Phi) is 8.67. The number of methoxy groups -OCH3 is 1. The van der Waals surface area contributed by atoms with Gasteiger partial charge in [-0.05, 0) is 29.8 Å². The number of fused-ring (bicyclic) bond motifs is 1. The molecule has 1 saturated heterocycles. The summed E-state index contributed by atoms with van der Waals surface area (Å²) in [4.78, 5) is 0. The monoisotopic (exact) mass is 587 g/mol. The van der Waals surface area contributed by atoms with Crippen molar-refractivity contribution in [1.82, 2.24) is 0 Å². The fourth-order valence-corrected chi connectivity index (χ4v) is 4.66. The van der Waals surface area contributed by atoms with E-state index in [1.165, 1.54) is 11.8 Å². The van der Waals surface area contributed by atoms with Gasteiger partial charge in [-0.3, -0.25) is 0 Å². The molecular weight excluding hydrogens is 561 g/mol. The highest BCUT2D eigenvalue weighted by molar-refractivity contribution is 7.18. The summed E-state index contributed by atoms with van der Waals surface area (Å²) in [6.07, 6.45) is -2.79. The second-order valence-electron chi connectivity index (χ2n) is 7.53. The van der Waals surface area contributed by atoms with Gasteiger partial charge in [-0.1, -0.05) is 29.5 Å². The summed E-state index contributed by atoms with van der Waals surface area (Å²) in [6, 6.07) is 13.5. The molecule has 8 nitrogen and oxygen atoms in total. The summed E-state index contributed by atoms with van der Waals surface area (Å²) < 4.78 is 19.9. The van der Waals surface area contributed by atoms with Crippen molar-refractivity contribution in [2.45, 2.75) is 30.7 Å². The van der Waals surface area contributed by atoms with Crippen molar-refractivity contribution in [2.24, 2.45) is 7.05 Å². The van der Waals surface area contributed by atoms with Crippen molar-refractivity contribution in [3.63, 3.8) is 0 Å². The van der Waals surface area contributed by atoms with E-state index in [0.717, 1.165) is 16.1 Å². The van der Waals surface area contributed by atoms with Crippen LogP contribution in [-0.4, -0.2) is 64.8 Å². The van der Waals surface area contributed by atoms with Gasteiger partial charge in [0.15, 0.2) is 11.5 Å². The molecule has 4 rings (SSSR count). The molecule has 1 aliphatic heterocycles. The zero-order chi connectivity index (χ0) is 22.8. The second-order valence-corrected chi connectivity index (χ2v) is 8.59. The lowest BCUT2D eigenvalue weighted by Crippen LogP contribution is -3.00. The highest BCUT2D eigenvalue weighted by Gasteiger charge is 2.44. The van der Waals surface area contributed by atoms with Gasteiger partial charge in [0.1, 0.15) is 36.2 Å². The van der Waals surface area contributed by atoms with Crippen LogP contribution < -0.4 is 38.0 Å². The van der Waals surface area contributed by atoms with Gasteiger partial charge < -0.3 is 58.6 Å². The Balaban J connectivity index is 0.00000306. The molecule has 0 amide bonds. The van der Waals surface area contributed by atoms with Gasteiger partial charge in [0.2, 0.25) is 11.8 Å². The molecule has 1 unspecified atom stereocenters. The van der Waals surface area contributed by atoms with Crippen LogP contribution in [0.1, 0.15) is 10.6 Å². The highest BCUT2D eigenvalue weighted by Crippen LogP contribution is 2.32. The normalized spacial score (nSPS) is 25.2. The molecule has 1 fully saturated rings. The van der Waals surface area contributed by atoms with E-state index in [9.17, 15) is 20.4 Å². The molecule has 10 heteroatoms. The van der Waals surface area contributed by atoms with Crippen LogP contribution in [0.4, 0.5) is 0 Å². The fraction of sp³-hybridized carbons (Fsp3) is 0.348. The van der Waals surface area contributed by atoms with E-state index < -0.39 is 37.3 Å². The fourth-order valence-electron chi connectivity index (χ4n) is 3.61. The molecule has 0 aliphatic carbocycles. The summed E-state index contributed by atoms with van der Waals surface area (Å²) in [5, 5.41) is 40.5. The standard InChI is InChI=1S/C23H26NO7S.HI/c1-24-14-5-3-4-6-18(14)32-19(24)10-8-13-7-9-15(16(11-13)29-2)30-23-22(28)21(27)20(26)17(12-25)31-23;/h3-11,17,20-23,25-28H,12H2,1-2H3;1H/q+1;/p-1/t17-,20-,21+,22-,23?;/m1./s1. The zero-order valence-electron chi connectivity index (χ0n) is 18.0. The number of aryl methyl sites for hydroxylation is 1. The third-order valence-electron chi connectivity index (χ3n) is 5.47. The summed E-state index contributed by atoms with van der Waals surface area (Å²) in [5.74, 6) is 0.700. The highest BCUT2D eigenvalue weighted by atomic mass is 127. The van der Waals surface area contributed by atoms with E-state index in [0.29, 0.717) is 11.5 Å². The predicted molar refractivity (Wildman–Crippen MR) is 119 cm³/mol. The molecule has 1 aromatic heterocycles. The molecule has 0 bridgehead atoms. The third-order valence-corrected chi connectivity index (χ3v) is 6.65. The Morgan fingerprint density at radius 1 is 1.03 bits per heavy atom. The number of aromatic nitrogens is 1. The quantitative estimate of drug-likeness (QED) is 0.197. The number of thiazole rings is 1. The molecule has 4 N–H and O–H groups in total. The molecule has 33 heavy (non-hydrogen) atoms. The van der Waals surface area contributed by atoms with Gasteiger partial charge in [-0.15, -0.1) is 0 Å². The molecule has 2 aromatic carbocycles. The number of nitrogens with zero attached hydrogens (tertiary/aromatic N) is 1. The van der Waals surface area contributed by atoms with Crippen molar-refractivity contribution in [3.05, 3.63) is 53.0 Å². The third kappa shape index (κ3) is 5.32. The number of benzene rings is 2. The van der Waals surface area contributed by atoms with Gasteiger partial charge in [-0.2, -0.15) is 4.57 Å². The number of aliphatic hydroxyl groups excluding tert-OH is 4. The molecule has 0 radical (unpaired) electrons. The Hall–Kier alpha value is -1.80. The summed E-state index contributed by atoms with van der Waals surface area (Å²) in [6.45, 7) is -0.527.